The molecule has 0 spiro atoms. The topological polar surface area (TPSA) is 138 Å². The number of benzene rings is 2. The van der Waals surface area contributed by atoms with Gasteiger partial charge >= 0.3 is 12.1 Å². The van der Waals surface area contributed by atoms with Gasteiger partial charge in [0.05, 0.1) is 46.2 Å². The number of alkyl carbamates (subject to hydrolysis) is 1. The molecule has 1 aliphatic heterocycles. The highest BCUT2D eigenvalue weighted by Gasteiger charge is 2.27. The standard InChI is InChI=1S/C40H53N7O5S2/c1-29(2)38-43-34(27-53-38)25-46(3)39(49)45-36(16-17-47-18-20-51-21-19-47)37(48)42-32(22-30-10-6-4-7-11-30)14-15-33(23-31-12-8-5-9-13-31)44-40(50)52-26-35-24-41-28-54-35/h4-13,24,27-29,32-33,36H,14-23,25-26H2,1-3H3,(H,42,48)(H,44,50)(H,45,49)/t32-,33-,36+/m1/s1/i18D2,19D2,20D2,21D2. The Labute approximate surface area is 337 Å². The molecule has 1 saturated heterocycles. The van der Waals surface area contributed by atoms with E-state index in [0.29, 0.717) is 36.3 Å². The molecule has 0 unspecified atom stereocenters. The van der Waals surface area contributed by atoms with Crippen molar-refractivity contribution < 1.29 is 34.8 Å². The fraction of sp³-hybridized carbons (Fsp3) is 0.475. The molecular formula is C40H53N7O5S2. The van der Waals surface area contributed by atoms with Crippen LogP contribution in [-0.4, -0.2) is 95.6 Å². The summed E-state index contributed by atoms with van der Waals surface area (Å²) in [6.07, 6.45) is 2.07. The second-order valence-corrected chi connectivity index (χ2v) is 15.1. The van der Waals surface area contributed by atoms with Crippen molar-refractivity contribution in [2.45, 2.75) is 83.1 Å². The van der Waals surface area contributed by atoms with Gasteiger partial charge in [0.2, 0.25) is 5.91 Å². The molecule has 2 aromatic heterocycles. The Morgan fingerprint density at radius 3 is 2.17 bits per heavy atom. The van der Waals surface area contributed by atoms with Crippen LogP contribution in [-0.2, 0) is 40.3 Å². The van der Waals surface area contributed by atoms with Crippen molar-refractivity contribution in [3.05, 3.63) is 104 Å². The minimum Gasteiger partial charge on any atom is -0.444 e. The van der Waals surface area contributed by atoms with Crippen molar-refractivity contribution in [1.82, 2.24) is 35.7 Å². The molecule has 4 amide bonds. The zero-order valence-corrected chi connectivity index (χ0v) is 32.3. The van der Waals surface area contributed by atoms with E-state index in [4.69, 9.17) is 15.7 Å². The lowest BCUT2D eigenvalue weighted by Crippen LogP contribution is -2.54. The summed E-state index contributed by atoms with van der Waals surface area (Å²) in [7, 11) is 1.52. The number of nitrogens with zero attached hydrogens (tertiary/aromatic N) is 4. The number of carbonyl (C=O) groups is 3. The molecule has 290 valence electrons. The van der Waals surface area contributed by atoms with Crippen LogP contribution in [0.5, 0.6) is 0 Å². The number of rotatable bonds is 19. The van der Waals surface area contributed by atoms with Gasteiger partial charge in [0.25, 0.3) is 0 Å². The highest BCUT2D eigenvalue weighted by Crippen LogP contribution is 2.20. The third-order valence-electron chi connectivity index (χ3n) is 8.54. The first-order chi connectivity index (χ1) is 29.2. The van der Waals surface area contributed by atoms with Crippen LogP contribution in [0, 0.1) is 0 Å². The van der Waals surface area contributed by atoms with Gasteiger partial charge < -0.3 is 30.3 Å². The van der Waals surface area contributed by atoms with Crippen LogP contribution in [0.15, 0.2) is 77.8 Å². The number of thiazole rings is 2. The number of ether oxygens (including phenoxy) is 2. The Balaban J connectivity index is 1.39. The number of urea groups is 1. The highest BCUT2D eigenvalue weighted by atomic mass is 32.1. The summed E-state index contributed by atoms with van der Waals surface area (Å²) in [4.78, 5) is 52.3. The zero-order valence-electron chi connectivity index (χ0n) is 38.6. The van der Waals surface area contributed by atoms with Crippen LogP contribution >= 0.6 is 22.7 Å². The molecule has 3 heterocycles. The number of hydrogen-bond donors (Lipinski definition) is 3. The molecule has 3 N–H and O–H groups in total. The van der Waals surface area contributed by atoms with E-state index in [9.17, 15) is 14.4 Å². The lowest BCUT2D eigenvalue weighted by molar-refractivity contribution is -0.124. The van der Waals surface area contributed by atoms with Crippen LogP contribution in [0.2, 0.25) is 0 Å². The van der Waals surface area contributed by atoms with Crippen LogP contribution in [0.4, 0.5) is 9.59 Å². The summed E-state index contributed by atoms with van der Waals surface area (Å²) in [6, 6.07) is 15.8. The fourth-order valence-corrected chi connectivity index (χ4v) is 7.02. The van der Waals surface area contributed by atoms with Crippen molar-refractivity contribution in [1.29, 1.82) is 0 Å². The van der Waals surface area contributed by atoms with Gasteiger partial charge in [0, 0.05) is 61.6 Å². The molecule has 12 nitrogen and oxygen atoms in total. The van der Waals surface area contributed by atoms with Gasteiger partial charge in [-0.05, 0) is 43.2 Å². The van der Waals surface area contributed by atoms with Crippen molar-refractivity contribution in [3.8, 4) is 0 Å². The van der Waals surface area contributed by atoms with Gasteiger partial charge in [-0.3, -0.25) is 14.7 Å². The third-order valence-corrected chi connectivity index (χ3v) is 10.5. The molecule has 0 radical (unpaired) electrons. The third kappa shape index (κ3) is 13.8. The van der Waals surface area contributed by atoms with Crippen LogP contribution < -0.4 is 16.0 Å². The number of morpholine rings is 1. The van der Waals surface area contributed by atoms with Gasteiger partial charge in [-0.25, -0.2) is 14.6 Å². The molecular weight excluding hydrogens is 723 g/mol. The summed E-state index contributed by atoms with van der Waals surface area (Å²) in [5.41, 5.74) is 4.13. The van der Waals surface area contributed by atoms with Gasteiger partial charge in [0.15, 0.2) is 0 Å². The van der Waals surface area contributed by atoms with E-state index in [0.717, 1.165) is 21.0 Å². The lowest BCUT2D eigenvalue weighted by Gasteiger charge is -2.30. The quantitative estimate of drug-likeness (QED) is 0.105. The maximum absolute atomic E-state index is 14.5. The normalized spacial score (nSPS) is 20.8. The largest absolute Gasteiger partial charge is 0.444 e. The van der Waals surface area contributed by atoms with E-state index in [-0.39, 0.29) is 19.1 Å². The van der Waals surface area contributed by atoms with E-state index >= 15 is 0 Å². The SMILES string of the molecule is [2H]C1([2H])OC([2H])([2H])C([2H])([2H])N(CC[C@H](NC(=O)N(C)Cc2csc(C(C)C)n2)C(=O)N[C@H](CC[C@H](Cc2ccccc2)NC(=O)OCc2cncs2)Cc2ccccc2)C1([2H])[2H]. The molecule has 1 fully saturated rings. The molecule has 5 rings (SSSR count). The fourth-order valence-electron chi connectivity index (χ4n) is 5.69. The van der Waals surface area contributed by atoms with Crippen LogP contribution in [0.1, 0.15) is 76.7 Å². The average Bonchev–Trinajstić information content (AvgIpc) is 3.91. The van der Waals surface area contributed by atoms with Crippen LogP contribution in [0.25, 0.3) is 0 Å². The highest BCUT2D eigenvalue weighted by molar-refractivity contribution is 7.09. The van der Waals surface area contributed by atoms with Crippen molar-refractivity contribution in [3.63, 3.8) is 0 Å². The molecule has 1 aliphatic rings. The van der Waals surface area contributed by atoms with E-state index in [1.54, 1.807) is 11.7 Å². The summed E-state index contributed by atoms with van der Waals surface area (Å²) in [5, 5.41) is 11.4. The first kappa shape index (κ1) is 30.9. The maximum Gasteiger partial charge on any atom is 0.407 e. The summed E-state index contributed by atoms with van der Waals surface area (Å²) < 4.78 is 76.7. The summed E-state index contributed by atoms with van der Waals surface area (Å²) in [6.45, 7) is -9.51. The van der Waals surface area contributed by atoms with Crippen molar-refractivity contribution >= 4 is 40.7 Å². The van der Waals surface area contributed by atoms with Crippen molar-refractivity contribution in [2.24, 2.45) is 0 Å². The first-order valence-corrected chi connectivity index (χ1v) is 19.6. The number of aromatic nitrogens is 2. The monoisotopic (exact) mass is 783 g/mol. The smallest absolute Gasteiger partial charge is 0.407 e. The molecule has 54 heavy (non-hydrogen) atoms. The second-order valence-electron chi connectivity index (χ2n) is 13.2. The van der Waals surface area contributed by atoms with Crippen molar-refractivity contribution in [2.75, 3.05) is 39.7 Å². The van der Waals surface area contributed by atoms with Gasteiger partial charge in [-0.2, -0.15) is 0 Å². The number of amides is 4. The minimum absolute atomic E-state index is 0.0506. The molecule has 2 aromatic carbocycles. The Morgan fingerprint density at radius 1 is 0.926 bits per heavy atom. The predicted octanol–water partition coefficient (Wildman–Crippen LogP) is 6.00. The molecule has 0 aliphatic carbocycles. The summed E-state index contributed by atoms with van der Waals surface area (Å²) >= 11 is 2.82. The lowest BCUT2D eigenvalue weighted by atomic mass is 9.95. The Hall–Kier alpha value is -4.37. The summed E-state index contributed by atoms with van der Waals surface area (Å²) in [5.74, 6) is -0.516. The van der Waals surface area contributed by atoms with Gasteiger partial charge in [-0.15, -0.1) is 22.7 Å². The first-order valence-electron chi connectivity index (χ1n) is 21.8. The second kappa shape index (κ2) is 21.5. The van der Waals surface area contributed by atoms with E-state index in [1.807, 2.05) is 79.9 Å². The molecule has 14 heteroatoms. The Bertz CT molecular complexity index is 2040. The number of nitrogens with one attached hydrogen (secondary N) is 3. The van der Waals surface area contributed by atoms with Crippen LogP contribution in [0.3, 0.4) is 0 Å². The zero-order chi connectivity index (χ0) is 45.3. The molecule has 0 saturated carbocycles. The number of hydrogen-bond acceptors (Lipinski definition) is 10. The Morgan fingerprint density at radius 2 is 1.57 bits per heavy atom. The van der Waals surface area contributed by atoms with E-state index in [2.05, 4.69) is 30.7 Å². The van der Waals surface area contributed by atoms with E-state index < -0.39 is 75.2 Å². The molecule has 4 aromatic rings. The average molecular weight is 784 g/mol. The number of carbonyl (C=O) groups excluding carboxylic acids is 3. The van der Waals surface area contributed by atoms with E-state index in [1.165, 1.54) is 34.6 Å². The Kier molecular flexibility index (Phi) is 12.3. The minimum atomic E-state index is -3.29. The van der Waals surface area contributed by atoms with Gasteiger partial charge in [0.1, 0.15) is 12.6 Å². The molecule has 3 atom stereocenters. The van der Waals surface area contributed by atoms with Gasteiger partial charge in [-0.1, -0.05) is 74.5 Å². The maximum atomic E-state index is 14.5. The predicted molar refractivity (Wildman–Crippen MR) is 213 cm³/mol. The molecule has 0 bridgehead atoms.